The van der Waals surface area contributed by atoms with Crippen LogP contribution in [-0.4, -0.2) is 34.4 Å². The Morgan fingerprint density at radius 3 is 2.88 bits per heavy atom. The molecule has 24 heavy (non-hydrogen) atoms. The zero-order chi connectivity index (χ0) is 17.3. The predicted molar refractivity (Wildman–Crippen MR) is 87.8 cm³/mol. The number of ether oxygens (including phenoxy) is 2. The van der Waals surface area contributed by atoms with Gasteiger partial charge in [0.1, 0.15) is 12.4 Å². The highest BCUT2D eigenvalue weighted by molar-refractivity contribution is 5.95. The Morgan fingerprint density at radius 2 is 2.21 bits per heavy atom. The third kappa shape index (κ3) is 2.55. The van der Waals surface area contributed by atoms with Crippen LogP contribution < -0.4 is 20.5 Å². The molecule has 1 aromatic carbocycles. The maximum atomic E-state index is 12.0. The van der Waals surface area contributed by atoms with Crippen molar-refractivity contribution in [2.24, 2.45) is 5.73 Å². The summed E-state index contributed by atoms with van der Waals surface area (Å²) < 4.78 is 12.6. The van der Waals surface area contributed by atoms with E-state index in [1.54, 1.807) is 18.7 Å². The summed E-state index contributed by atoms with van der Waals surface area (Å²) in [5, 5.41) is 7.27. The monoisotopic (exact) mass is 329 g/mol. The second-order valence-corrected chi connectivity index (χ2v) is 5.30. The third-order valence-corrected chi connectivity index (χ3v) is 3.86. The first kappa shape index (κ1) is 15.9. The van der Waals surface area contributed by atoms with Crippen molar-refractivity contribution in [3.8, 4) is 11.5 Å². The van der Waals surface area contributed by atoms with Crippen molar-refractivity contribution in [1.29, 1.82) is 0 Å². The van der Waals surface area contributed by atoms with E-state index in [-0.39, 0.29) is 0 Å². The van der Waals surface area contributed by atoms with Crippen molar-refractivity contribution < 1.29 is 14.3 Å². The van der Waals surface area contributed by atoms with Gasteiger partial charge in [-0.15, -0.1) is 0 Å². The summed E-state index contributed by atoms with van der Waals surface area (Å²) in [7, 11) is 1.57. The molecular weight excluding hydrogens is 310 g/mol. The number of allylic oxidation sites excluding steroid dienone is 1. The number of aromatic nitrogens is 3. The van der Waals surface area contributed by atoms with Crippen LogP contribution in [0.2, 0.25) is 0 Å². The molecule has 0 spiro atoms. The number of fused-ring (bicyclic) bond motifs is 1. The van der Waals surface area contributed by atoms with Gasteiger partial charge in [-0.05, 0) is 31.5 Å². The van der Waals surface area contributed by atoms with Crippen molar-refractivity contribution in [2.45, 2.75) is 19.9 Å². The molecule has 1 aliphatic rings. The Bertz CT molecular complexity index is 812. The summed E-state index contributed by atoms with van der Waals surface area (Å²) in [4.78, 5) is 16.2. The van der Waals surface area contributed by atoms with Gasteiger partial charge in [0.15, 0.2) is 11.5 Å². The third-order valence-electron chi connectivity index (χ3n) is 3.86. The number of carbonyl (C=O) groups excluding carboxylic acids is 1. The number of rotatable bonds is 5. The van der Waals surface area contributed by atoms with Gasteiger partial charge >= 0.3 is 0 Å². The molecule has 3 rings (SSSR count). The number of primary amides is 1. The molecule has 2 heterocycles. The summed E-state index contributed by atoms with van der Waals surface area (Å²) in [6.45, 7) is 4.22. The zero-order valence-electron chi connectivity index (χ0n) is 13.7. The van der Waals surface area contributed by atoms with E-state index in [1.165, 1.54) is 6.33 Å². The number of nitrogens with two attached hydrogens (primary N) is 1. The van der Waals surface area contributed by atoms with Gasteiger partial charge in [0.25, 0.3) is 0 Å². The molecule has 0 saturated heterocycles. The Morgan fingerprint density at radius 1 is 1.42 bits per heavy atom. The van der Waals surface area contributed by atoms with Crippen LogP contribution in [0.5, 0.6) is 11.5 Å². The van der Waals surface area contributed by atoms with Gasteiger partial charge in [0.2, 0.25) is 11.9 Å². The van der Waals surface area contributed by atoms with Crippen LogP contribution in [0, 0.1) is 0 Å². The van der Waals surface area contributed by atoms with E-state index in [4.69, 9.17) is 15.2 Å². The van der Waals surface area contributed by atoms with Crippen molar-refractivity contribution >= 4 is 11.9 Å². The predicted octanol–water partition coefficient (Wildman–Crippen LogP) is 1.46. The van der Waals surface area contributed by atoms with Gasteiger partial charge in [-0.3, -0.25) is 4.79 Å². The standard InChI is InChI=1S/C16H19N5O3/c1-4-24-11-6-5-10(7-12(11)23-3)14-13(15(17)22)9(2)20-16-18-8-19-21(14)16/h5-8,14H,4H2,1-3H3,(H2,17,22)(H,18,19,20)/t14-/m0/s1. The maximum absolute atomic E-state index is 12.0. The van der Waals surface area contributed by atoms with E-state index in [9.17, 15) is 4.79 Å². The molecule has 0 saturated carbocycles. The molecule has 3 N–H and O–H groups in total. The second-order valence-electron chi connectivity index (χ2n) is 5.30. The van der Waals surface area contributed by atoms with Crippen molar-refractivity contribution in [1.82, 2.24) is 14.8 Å². The lowest BCUT2D eigenvalue weighted by atomic mass is 9.95. The summed E-state index contributed by atoms with van der Waals surface area (Å²) in [5.74, 6) is 1.25. The first-order chi connectivity index (χ1) is 11.6. The Hall–Kier alpha value is -3.03. The van der Waals surface area contributed by atoms with Crippen molar-refractivity contribution in [3.05, 3.63) is 41.4 Å². The van der Waals surface area contributed by atoms with Crippen LogP contribution in [0.3, 0.4) is 0 Å². The smallest absolute Gasteiger partial charge is 0.248 e. The average Bonchev–Trinajstić information content (AvgIpc) is 3.01. The summed E-state index contributed by atoms with van der Waals surface area (Å²) in [6, 6.07) is 5.02. The number of benzene rings is 1. The fourth-order valence-electron chi connectivity index (χ4n) is 2.85. The number of hydrogen-bond acceptors (Lipinski definition) is 6. The minimum absolute atomic E-state index is 0.430. The number of anilines is 1. The minimum Gasteiger partial charge on any atom is -0.493 e. The van der Waals surface area contributed by atoms with Gasteiger partial charge in [-0.2, -0.15) is 10.1 Å². The molecule has 0 unspecified atom stereocenters. The molecule has 8 nitrogen and oxygen atoms in total. The fourth-order valence-corrected chi connectivity index (χ4v) is 2.85. The molecule has 1 aromatic heterocycles. The number of hydrogen-bond donors (Lipinski definition) is 2. The normalized spacial score (nSPS) is 16.4. The first-order valence-corrected chi connectivity index (χ1v) is 7.54. The fraction of sp³-hybridized carbons (Fsp3) is 0.312. The van der Waals surface area contributed by atoms with E-state index < -0.39 is 11.9 Å². The molecule has 0 aliphatic carbocycles. The van der Waals surface area contributed by atoms with Crippen LogP contribution in [0.4, 0.5) is 5.95 Å². The Labute approximate surface area is 139 Å². The van der Waals surface area contributed by atoms with Gasteiger partial charge in [0, 0.05) is 5.70 Å². The van der Waals surface area contributed by atoms with E-state index >= 15 is 0 Å². The molecule has 1 aliphatic heterocycles. The van der Waals surface area contributed by atoms with Crippen LogP contribution in [-0.2, 0) is 4.79 Å². The topological polar surface area (TPSA) is 104 Å². The zero-order valence-corrected chi connectivity index (χ0v) is 13.7. The first-order valence-electron chi connectivity index (χ1n) is 7.54. The highest BCUT2D eigenvalue weighted by atomic mass is 16.5. The highest BCUT2D eigenvalue weighted by Gasteiger charge is 2.32. The van der Waals surface area contributed by atoms with Gasteiger partial charge < -0.3 is 20.5 Å². The van der Waals surface area contributed by atoms with Crippen LogP contribution in [0.15, 0.2) is 35.8 Å². The average molecular weight is 329 g/mol. The van der Waals surface area contributed by atoms with Gasteiger partial charge in [-0.1, -0.05) is 6.07 Å². The summed E-state index contributed by atoms with van der Waals surface area (Å²) >= 11 is 0. The number of carbonyl (C=O) groups is 1. The SMILES string of the molecule is CCOc1ccc([C@H]2C(C(N)=O)=C(C)Nc3ncnn32)cc1OC. The molecule has 1 atom stereocenters. The summed E-state index contributed by atoms with van der Waals surface area (Å²) in [6.07, 6.45) is 1.43. The lowest BCUT2D eigenvalue weighted by molar-refractivity contribution is -0.115. The Balaban J connectivity index is 2.14. The minimum atomic E-state index is -0.515. The second kappa shape index (κ2) is 6.23. The molecule has 8 heteroatoms. The van der Waals surface area contributed by atoms with Crippen molar-refractivity contribution in [3.63, 3.8) is 0 Å². The van der Waals surface area contributed by atoms with Gasteiger partial charge in [0.05, 0.1) is 19.3 Å². The molecule has 2 aromatic rings. The molecule has 1 amide bonds. The quantitative estimate of drug-likeness (QED) is 0.860. The van der Waals surface area contributed by atoms with Crippen LogP contribution in [0.1, 0.15) is 25.5 Å². The van der Waals surface area contributed by atoms with Gasteiger partial charge in [-0.25, -0.2) is 4.68 Å². The number of amides is 1. The van der Waals surface area contributed by atoms with Crippen LogP contribution in [0.25, 0.3) is 0 Å². The molecule has 0 fully saturated rings. The molecule has 126 valence electrons. The van der Waals surface area contributed by atoms with E-state index in [0.29, 0.717) is 35.3 Å². The number of nitrogens with one attached hydrogen (secondary N) is 1. The lowest BCUT2D eigenvalue weighted by Crippen LogP contribution is -2.31. The Kier molecular flexibility index (Phi) is 4.11. The van der Waals surface area contributed by atoms with Crippen LogP contribution >= 0.6 is 0 Å². The number of methoxy groups -OCH3 is 1. The van der Waals surface area contributed by atoms with E-state index in [2.05, 4.69) is 15.4 Å². The maximum Gasteiger partial charge on any atom is 0.248 e. The molecule has 0 bridgehead atoms. The van der Waals surface area contributed by atoms with Crippen molar-refractivity contribution in [2.75, 3.05) is 19.0 Å². The van der Waals surface area contributed by atoms with E-state index in [1.807, 2.05) is 25.1 Å². The largest absolute Gasteiger partial charge is 0.493 e. The number of nitrogens with zero attached hydrogens (tertiary/aromatic N) is 3. The molecular formula is C16H19N5O3. The molecule has 0 radical (unpaired) electrons. The van der Waals surface area contributed by atoms with E-state index in [0.717, 1.165) is 5.56 Å². The lowest BCUT2D eigenvalue weighted by Gasteiger charge is -2.28. The highest BCUT2D eigenvalue weighted by Crippen LogP contribution is 2.38. The summed E-state index contributed by atoms with van der Waals surface area (Å²) in [5.41, 5.74) is 7.49.